The zero-order valence-electron chi connectivity index (χ0n) is 11.6. The molecule has 3 rings (SSSR count). The van der Waals surface area contributed by atoms with Crippen molar-refractivity contribution in [1.29, 1.82) is 0 Å². The second-order valence-corrected chi connectivity index (χ2v) is 5.76. The van der Waals surface area contributed by atoms with Gasteiger partial charge in [0, 0.05) is 5.69 Å². The Labute approximate surface area is 122 Å². The minimum absolute atomic E-state index is 0.991. The Morgan fingerprint density at radius 3 is 2.30 bits per heavy atom. The SMILES string of the molecule is Cc1ccc(-n2sc(=Nc3ccccc3)cc2C)cc1. The maximum absolute atomic E-state index is 4.66. The molecule has 100 valence electrons. The lowest BCUT2D eigenvalue weighted by molar-refractivity contribution is 1.11. The van der Waals surface area contributed by atoms with E-state index in [1.165, 1.54) is 16.9 Å². The first-order valence-electron chi connectivity index (χ1n) is 6.59. The van der Waals surface area contributed by atoms with Crippen molar-refractivity contribution in [2.75, 3.05) is 0 Å². The molecule has 1 heterocycles. The topological polar surface area (TPSA) is 17.3 Å². The summed E-state index contributed by atoms with van der Waals surface area (Å²) in [6, 6.07) is 20.7. The Kier molecular flexibility index (Phi) is 3.52. The highest BCUT2D eigenvalue weighted by Gasteiger charge is 2.02. The number of aromatic nitrogens is 1. The van der Waals surface area contributed by atoms with Crippen LogP contribution in [0.2, 0.25) is 0 Å². The summed E-state index contributed by atoms with van der Waals surface area (Å²) in [5.41, 5.74) is 4.66. The molecule has 20 heavy (non-hydrogen) atoms. The second kappa shape index (κ2) is 5.47. The molecule has 0 aliphatic carbocycles. The molecular weight excluding hydrogens is 264 g/mol. The molecule has 0 bridgehead atoms. The van der Waals surface area contributed by atoms with E-state index in [1.54, 1.807) is 11.5 Å². The highest BCUT2D eigenvalue weighted by atomic mass is 32.1. The molecule has 3 heteroatoms. The zero-order chi connectivity index (χ0) is 13.9. The third kappa shape index (κ3) is 2.73. The van der Waals surface area contributed by atoms with Crippen molar-refractivity contribution >= 4 is 17.2 Å². The van der Waals surface area contributed by atoms with E-state index in [0.29, 0.717) is 0 Å². The van der Waals surface area contributed by atoms with Gasteiger partial charge in [-0.1, -0.05) is 35.9 Å². The van der Waals surface area contributed by atoms with Crippen LogP contribution in [0.25, 0.3) is 5.69 Å². The number of benzene rings is 2. The number of hydrogen-bond acceptors (Lipinski definition) is 2. The van der Waals surface area contributed by atoms with Crippen LogP contribution in [0.4, 0.5) is 5.69 Å². The predicted octanol–water partition coefficient (Wildman–Crippen LogP) is 4.39. The Morgan fingerprint density at radius 2 is 1.60 bits per heavy atom. The van der Waals surface area contributed by atoms with Crippen LogP contribution >= 0.6 is 11.5 Å². The van der Waals surface area contributed by atoms with Gasteiger partial charge < -0.3 is 0 Å². The lowest BCUT2D eigenvalue weighted by Gasteiger charge is -2.04. The van der Waals surface area contributed by atoms with Gasteiger partial charge in [0.05, 0.1) is 11.4 Å². The molecule has 3 aromatic rings. The maximum atomic E-state index is 4.66. The zero-order valence-corrected chi connectivity index (χ0v) is 12.4. The number of nitrogens with zero attached hydrogens (tertiary/aromatic N) is 2. The summed E-state index contributed by atoms with van der Waals surface area (Å²) in [6.45, 7) is 4.21. The Balaban J connectivity index is 2.03. The van der Waals surface area contributed by atoms with E-state index in [0.717, 1.165) is 10.4 Å². The van der Waals surface area contributed by atoms with E-state index in [4.69, 9.17) is 0 Å². The fraction of sp³-hybridized carbons (Fsp3) is 0.118. The Hall–Kier alpha value is -2.13. The molecule has 0 saturated heterocycles. The molecule has 0 N–H and O–H groups in total. The van der Waals surface area contributed by atoms with Gasteiger partial charge in [-0.05, 0) is 55.7 Å². The van der Waals surface area contributed by atoms with E-state index < -0.39 is 0 Å². The largest absolute Gasteiger partial charge is 0.269 e. The molecule has 0 amide bonds. The van der Waals surface area contributed by atoms with Crippen molar-refractivity contribution in [3.05, 3.63) is 76.6 Å². The van der Waals surface area contributed by atoms with Crippen LogP contribution in [0.3, 0.4) is 0 Å². The molecule has 0 atom stereocenters. The number of aryl methyl sites for hydroxylation is 2. The first-order valence-corrected chi connectivity index (χ1v) is 7.36. The van der Waals surface area contributed by atoms with Crippen molar-refractivity contribution in [3.8, 4) is 5.69 Å². The second-order valence-electron chi connectivity index (χ2n) is 4.79. The highest BCUT2D eigenvalue weighted by Crippen LogP contribution is 2.15. The van der Waals surface area contributed by atoms with Crippen LogP contribution in [-0.2, 0) is 0 Å². The molecule has 0 aliphatic heterocycles. The standard InChI is InChI=1S/C17H16N2S/c1-13-8-10-16(11-9-13)19-14(2)12-17(20-19)18-15-6-4-3-5-7-15/h3-12H,1-2H3. The van der Waals surface area contributed by atoms with Gasteiger partial charge >= 0.3 is 0 Å². The van der Waals surface area contributed by atoms with Gasteiger partial charge in [0.15, 0.2) is 0 Å². The third-order valence-electron chi connectivity index (χ3n) is 3.10. The number of rotatable bonds is 2. The van der Waals surface area contributed by atoms with E-state index in [-0.39, 0.29) is 0 Å². The third-order valence-corrected chi connectivity index (χ3v) is 4.18. The van der Waals surface area contributed by atoms with Crippen molar-refractivity contribution in [2.45, 2.75) is 13.8 Å². The maximum Gasteiger partial charge on any atom is 0.135 e. The first-order chi connectivity index (χ1) is 9.72. The van der Waals surface area contributed by atoms with Crippen LogP contribution in [0, 0.1) is 13.8 Å². The molecule has 1 aromatic heterocycles. The van der Waals surface area contributed by atoms with E-state index in [2.05, 4.69) is 53.1 Å². The van der Waals surface area contributed by atoms with E-state index in [9.17, 15) is 0 Å². The van der Waals surface area contributed by atoms with Crippen molar-refractivity contribution in [2.24, 2.45) is 4.99 Å². The first kappa shape index (κ1) is 12.9. The highest BCUT2D eigenvalue weighted by molar-refractivity contribution is 7.04. The number of hydrogen-bond donors (Lipinski definition) is 0. The summed E-state index contributed by atoms with van der Waals surface area (Å²) in [4.78, 5) is 4.66. The van der Waals surface area contributed by atoms with Gasteiger partial charge in [-0.25, -0.2) is 4.99 Å². The van der Waals surface area contributed by atoms with Crippen molar-refractivity contribution in [1.82, 2.24) is 3.96 Å². The minimum Gasteiger partial charge on any atom is -0.269 e. The summed E-state index contributed by atoms with van der Waals surface area (Å²) in [6.07, 6.45) is 0. The fourth-order valence-electron chi connectivity index (χ4n) is 2.05. The van der Waals surface area contributed by atoms with E-state index >= 15 is 0 Å². The van der Waals surface area contributed by atoms with Crippen molar-refractivity contribution in [3.63, 3.8) is 0 Å². The molecule has 0 fully saturated rings. The molecule has 0 saturated carbocycles. The lowest BCUT2D eigenvalue weighted by Crippen LogP contribution is -1.92. The molecule has 0 unspecified atom stereocenters. The fourth-order valence-corrected chi connectivity index (χ4v) is 3.03. The van der Waals surface area contributed by atoms with Crippen LogP contribution in [0.1, 0.15) is 11.3 Å². The molecule has 0 radical (unpaired) electrons. The normalized spacial score (nSPS) is 11.8. The molecule has 2 nitrogen and oxygen atoms in total. The smallest absolute Gasteiger partial charge is 0.135 e. The number of para-hydroxylation sites is 1. The summed E-state index contributed by atoms with van der Waals surface area (Å²) in [7, 11) is 0. The summed E-state index contributed by atoms with van der Waals surface area (Å²) in [5.74, 6) is 0. The lowest BCUT2D eigenvalue weighted by atomic mass is 10.2. The monoisotopic (exact) mass is 280 g/mol. The molecule has 0 aliphatic rings. The average molecular weight is 280 g/mol. The van der Waals surface area contributed by atoms with Gasteiger partial charge in [0.1, 0.15) is 4.67 Å². The van der Waals surface area contributed by atoms with Crippen LogP contribution in [-0.4, -0.2) is 3.96 Å². The van der Waals surface area contributed by atoms with Crippen molar-refractivity contribution < 1.29 is 0 Å². The molecular formula is C17H16N2S. The summed E-state index contributed by atoms with van der Waals surface area (Å²) < 4.78 is 3.23. The van der Waals surface area contributed by atoms with Gasteiger partial charge in [0.25, 0.3) is 0 Å². The summed E-state index contributed by atoms with van der Waals surface area (Å²) in [5, 5.41) is 0. The predicted molar refractivity (Wildman–Crippen MR) is 84.8 cm³/mol. The van der Waals surface area contributed by atoms with Gasteiger partial charge in [0.2, 0.25) is 0 Å². The Bertz CT molecular complexity index is 765. The van der Waals surface area contributed by atoms with Gasteiger partial charge in [-0.3, -0.25) is 3.96 Å². The van der Waals surface area contributed by atoms with Gasteiger partial charge in [-0.15, -0.1) is 0 Å². The average Bonchev–Trinajstić information content (AvgIpc) is 2.81. The van der Waals surface area contributed by atoms with Crippen LogP contribution in [0.15, 0.2) is 65.7 Å². The van der Waals surface area contributed by atoms with E-state index in [1.807, 2.05) is 30.3 Å². The molecule has 2 aromatic carbocycles. The van der Waals surface area contributed by atoms with Crippen LogP contribution < -0.4 is 4.67 Å². The van der Waals surface area contributed by atoms with Crippen LogP contribution in [0.5, 0.6) is 0 Å². The Morgan fingerprint density at radius 1 is 0.900 bits per heavy atom. The quantitative estimate of drug-likeness (QED) is 0.662. The molecule has 0 spiro atoms. The minimum atomic E-state index is 0.991. The van der Waals surface area contributed by atoms with Gasteiger partial charge in [-0.2, -0.15) is 0 Å². The summed E-state index contributed by atoms with van der Waals surface area (Å²) >= 11 is 1.66.